The van der Waals surface area contributed by atoms with Gasteiger partial charge in [0.1, 0.15) is 6.04 Å². The molecular formula is C21H26ClNO6S. The first kappa shape index (κ1) is 24.1. The summed E-state index contributed by atoms with van der Waals surface area (Å²) in [6.07, 6.45) is 2.30. The van der Waals surface area contributed by atoms with Crippen LogP contribution in [-0.2, 0) is 14.3 Å². The molecule has 0 radical (unpaired) electrons. The van der Waals surface area contributed by atoms with Crippen molar-refractivity contribution in [1.29, 1.82) is 0 Å². The van der Waals surface area contributed by atoms with Gasteiger partial charge >= 0.3 is 5.97 Å². The van der Waals surface area contributed by atoms with Crippen LogP contribution in [0.3, 0.4) is 0 Å². The highest BCUT2D eigenvalue weighted by Gasteiger charge is 2.41. The predicted molar refractivity (Wildman–Crippen MR) is 117 cm³/mol. The van der Waals surface area contributed by atoms with Crippen LogP contribution in [0.1, 0.15) is 46.6 Å². The zero-order valence-electron chi connectivity index (χ0n) is 17.7. The Morgan fingerprint density at radius 2 is 1.90 bits per heavy atom. The summed E-state index contributed by atoms with van der Waals surface area (Å²) in [5.74, 6) is -0.293. The van der Waals surface area contributed by atoms with Crippen molar-refractivity contribution in [3.63, 3.8) is 0 Å². The molecule has 7 nitrogen and oxygen atoms in total. The average molecular weight is 456 g/mol. The summed E-state index contributed by atoms with van der Waals surface area (Å²) in [5, 5.41) is -0.189. The lowest BCUT2D eigenvalue weighted by Crippen LogP contribution is -2.42. The number of rotatable bonds is 9. The fourth-order valence-corrected chi connectivity index (χ4v) is 3.84. The van der Waals surface area contributed by atoms with E-state index in [1.807, 2.05) is 20.8 Å². The van der Waals surface area contributed by atoms with Crippen LogP contribution in [0.25, 0.3) is 6.08 Å². The molecule has 30 heavy (non-hydrogen) atoms. The molecule has 0 aromatic heterocycles. The van der Waals surface area contributed by atoms with Gasteiger partial charge in [-0.3, -0.25) is 14.5 Å². The SMILES string of the molecule is CCOC(=O)[C@@H](C)N1C(=O)S/C(=C/c2cc(Cl)c(O[C@H](C)CC)c(OCC)c2)C1=O. The molecule has 1 fully saturated rings. The molecular weight excluding hydrogens is 430 g/mol. The summed E-state index contributed by atoms with van der Waals surface area (Å²) < 4.78 is 16.5. The van der Waals surface area contributed by atoms with Crippen molar-refractivity contribution in [3.05, 3.63) is 27.6 Å². The molecule has 0 N–H and O–H groups in total. The van der Waals surface area contributed by atoms with Crippen LogP contribution in [-0.4, -0.2) is 47.4 Å². The van der Waals surface area contributed by atoms with E-state index in [1.165, 1.54) is 6.92 Å². The molecule has 9 heteroatoms. The van der Waals surface area contributed by atoms with Gasteiger partial charge in [0.05, 0.1) is 29.2 Å². The summed E-state index contributed by atoms with van der Waals surface area (Å²) in [4.78, 5) is 38.1. The fourth-order valence-electron chi connectivity index (χ4n) is 2.67. The highest BCUT2D eigenvalue weighted by Crippen LogP contribution is 2.40. The molecule has 164 valence electrons. The van der Waals surface area contributed by atoms with Crippen molar-refractivity contribution in [2.75, 3.05) is 13.2 Å². The van der Waals surface area contributed by atoms with E-state index in [0.717, 1.165) is 23.1 Å². The van der Waals surface area contributed by atoms with Gasteiger partial charge in [0.15, 0.2) is 11.5 Å². The minimum Gasteiger partial charge on any atom is -0.490 e. The number of nitrogens with zero attached hydrogens (tertiary/aromatic N) is 1. The third-order valence-corrected chi connectivity index (χ3v) is 5.53. The first-order valence-electron chi connectivity index (χ1n) is 9.80. The lowest BCUT2D eigenvalue weighted by atomic mass is 10.1. The van der Waals surface area contributed by atoms with E-state index < -0.39 is 23.2 Å². The van der Waals surface area contributed by atoms with Crippen LogP contribution in [0.5, 0.6) is 11.5 Å². The van der Waals surface area contributed by atoms with Gasteiger partial charge < -0.3 is 14.2 Å². The number of benzene rings is 1. The van der Waals surface area contributed by atoms with E-state index in [0.29, 0.717) is 28.7 Å². The maximum atomic E-state index is 12.7. The highest BCUT2D eigenvalue weighted by atomic mass is 35.5. The van der Waals surface area contributed by atoms with Crippen molar-refractivity contribution in [2.24, 2.45) is 0 Å². The fraction of sp³-hybridized carbons (Fsp3) is 0.476. The van der Waals surface area contributed by atoms with E-state index in [-0.39, 0.29) is 17.6 Å². The Morgan fingerprint density at radius 1 is 1.20 bits per heavy atom. The lowest BCUT2D eigenvalue weighted by molar-refractivity contribution is -0.150. The summed E-state index contributed by atoms with van der Waals surface area (Å²) in [7, 11) is 0. The summed E-state index contributed by atoms with van der Waals surface area (Å²) in [6, 6.07) is 2.35. The number of hydrogen-bond acceptors (Lipinski definition) is 7. The minimum atomic E-state index is -1.00. The Morgan fingerprint density at radius 3 is 2.50 bits per heavy atom. The smallest absolute Gasteiger partial charge is 0.329 e. The maximum absolute atomic E-state index is 12.7. The number of halogens is 1. The van der Waals surface area contributed by atoms with E-state index >= 15 is 0 Å². The molecule has 0 unspecified atom stereocenters. The third-order valence-electron chi connectivity index (χ3n) is 4.36. The standard InChI is InChI=1S/C21H26ClNO6S/c1-6-12(4)29-18-15(22)9-14(10-16(18)27-7-2)11-17-19(24)23(21(26)30-17)13(5)20(25)28-8-3/h9-13H,6-8H2,1-5H3/b17-11+/t12-,13-/m1/s1. The number of esters is 1. The molecule has 0 spiro atoms. The highest BCUT2D eigenvalue weighted by molar-refractivity contribution is 8.18. The van der Waals surface area contributed by atoms with Gasteiger partial charge in [-0.1, -0.05) is 18.5 Å². The Kier molecular flexibility index (Phi) is 8.61. The molecule has 0 bridgehead atoms. The van der Waals surface area contributed by atoms with Gasteiger partial charge in [-0.15, -0.1) is 0 Å². The van der Waals surface area contributed by atoms with E-state index in [1.54, 1.807) is 25.1 Å². The molecule has 1 saturated heterocycles. The van der Waals surface area contributed by atoms with Crippen LogP contribution in [0.4, 0.5) is 4.79 Å². The average Bonchev–Trinajstić information content (AvgIpc) is 2.97. The number of hydrogen-bond donors (Lipinski definition) is 0. The van der Waals surface area contributed by atoms with Gasteiger partial charge in [-0.2, -0.15) is 0 Å². The van der Waals surface area contributed by atoms with E-state index in [9.17, 15) is 14.4 Å². The van der Waals surface area contributed by atoms with Gasteiger partial charge in [0, 0.05) is 0 Å². The minimum absolute atomic E-state index is 0.0478. The quantitative estimate of drug-likeness (QED) is 0.386. The predicted octanol–water partition coefficient (Wildman–Crippen LogP) is 4.90. The van der Waals surface area contributed by atoms with Crippen molar-refractivity contribution in [2.45, 2.75) is 53.2 Å². The van der Waals surface area contributed by atoms with Crippen molar-refractivity contribution in [3.8, 4) is 11.5 Å². The third kappa shape index (κ3) is 5.49. The number of ether oxygens (including phenoxy) is 3. The van der Waals surface area contributed by atoms with Gasteiger partial charge in [0.2, 0.25) is 0 Å². The second kappa shape index (κ2) is 10.7. The van der Waals surface area contributed by atoms with Gasteiger partial charge in [-0.05, 0) is 69.6 Å². The van der Waals surface area contributed by atoms with Crippen LogP contribution < -0.4 is 9.47 Å². The molecule has 1 aliphatic rings. The number of thioether (sulfide) groups is 1. The van der Waals surface area contributed by atoms with Crippen LogP contribution in [0.2, 0.25) is 5.02 Å². The van der Waals surface area contributed by atoms with Crippen LogP contribution >= 0.6 is 23.4 Å². The largest absolute Gasteiger partial charge is 0.490 e. The maximum Gasteiger partial charge on any atom is 0.329 e. The summed E-state index contributed by atoms with van der Waals surface area (Å²) in [6.45, 7) is 9.47. The first-order chi connectivity index (χ1) is 14.2. The van der Waals surface area contributed by atoms with Crippen molar-refractivity contribution >= 4 is 46.6 Å². The van der Waals surface area contributed by atoms with Crippen LogP contribution in [0.15, 0.2) is 17.0 Å². The number of carbonyl (C=O) groups is 3. The normalized spacial score (nSPS) is 17.3. The molecule has 2 amide bonds. The molecule has 1 aromatic carbocycles. The van der Waals surface area contributed by atoms with E-state index in [2.05, 4.69) is 0 Å². The molecule has 2 atom stereocenters. The Balaban J connectivity index is 2.35. The zero-order valence-corrected chi connectivity index (χ0v) is 19.3. The molecule has 2 rings (SSSR count). The van der Waals surface area contributed by atoms with E-state index in [4.69, 9.17) is 25.8 Å². The molecule has 1 aliphatic heterocycles. The Hall–Kier alpha value is -2.19. The molecule has 0 aliphatic carbocycles. The molecule has 1 heterocycles. The van der Waals surface area contributed by atoms with Gasteiger partial charge in [0.25, 0.3) is 11.1 Å². The topological polar surface area (TPSA) is 82.1 Å². The molecule has 1 aromatic rings. The second-order valence-electron chi connectivity index (χ2n) is 6.58. The summed E-state index contributed by atoms with van der Waals surface area (Å²) >= 11 is 7.17. The lowest BCUT2D eigenvalue weighted by Gasteiger charge is -2.19. The first-order valence-corrected chi connectivity index (χ1v) is 11.0. The van der Waals surface area contributed by atoms with Gasteiger partial charge in [-0.25, -0.2) is 4.79 Å². The Labute approximate surface area is 185 Å². The number of imide groups is 1. The number of carbonyl (C=O) groups excluding carboxylic acids is 3. The zero-order chi connectivity index (χ0) is 22.4. The molecule has 0 saturated carbocycles. The van der Waals surface area contributed by atoms with Crippen LogP contribution in [0, 0.1) is 0 Å². The second-order valence-corrected chi connectivity index (χ2v) is 7.98. The monoisotopic (exact) mass is 455 g/mol. The van der Waals surface area contributed by atoms with Crippen molar-refractivity contribution < 1.29 is 28.6 Å². The Bertz CT molecular complexity index is 856. The summed E-state index contributed by atoms with van der Waals surface area (Å²) in [5.41, 5.74) is 0.578. The number of amides is 2. The van der Waals surface area contributed by atoms with Crippen molar-refractivity contribution in [1.82, 2.24) is 4.90 Å².